The first-order chi connectivity index (χ1) is 9.29. The molecular formula is C12H20N6O. The second-order valence-electron chi connectivity index (χ2n) is 4.61. The summed E-state index contributed by atoms with van der Waals surface area (Å²) in [6, 6.07) is 3.21. The molecule has 0 aliphatic carbocycles. The highest BCUT2D eigenvalue weighted by atomic mass is 16.1. The van der Waals surface area contributed by atoms with E-state index < -0.39 is 0 Å². The summed E-state index contributed by atoms with van der Waals surface area (Å²) in [7, 11) is 0. The average molecular weight is 264 g/mol. The zero-order valence-corrected chi connectivity index (χ0v) is 10.9. The molecule has 0 radical (unpaired) electrons. The fraction of sp³-hybridized carbons (Fsp3) is 0.583. The molecule has 0 spiro atoms. The van der Waals surface area contributed by atoms with Crippen molar-refractivity contribution in [3.8, 4) is 0 Å². The summed E-state index contributed by atoms with van der Waals surface area (Å²) in [6.45, 7) is 4.08. The fourth-order valence-corrected chi connectivity index (χ4v) is 2.13. The number of hydrogen-bond donors (Lipinski definition) is 3. The maximum absolute atomic E-state index is 11.8. The van der Waals surface area contributed by atoms with Crippen LogP contribution >= 0.6 is 0 Å². The van der Waals surface area contributed by atoms with Crippen molar-refractivity contribution in [1.82, 2.24) is 20.4 Å². The first-order valence-corrected chi connectivity index (χ1v) is 6.60. The zero-order chi connectivity index (χ0) is 13.5. The molecule has 7 nitrogen and oxygen atoms in total. The van der Waals surface area contributed by atoms with Crippen LogP contribution in [0.4, 0.5) is 5.82 Å². The molecule has 1 saturated heterocycles. The van der Waals surface area contributed by atoms with Gasteiger partial charge in [-0.05, 0) is 51.0 Å². The van der Waals surface area contributed by atoms with E-state index in [1.807, 2.05) is 0 Å². The summed E-state index contributed by atoms with van der Waals surface area (Å²) in [6.07, 6.45) is 3.55. The highest BCUT2D eigenvalue weighted by Gasteiger charge is 2.11. The highest BCUT2D eigenvalue weighted by molar-refractivity contribution is 5.92. The van der Waals surface area contributed by atoms with Crippen LogP contribution < -0.4 is 16.6 Å². The molecule has 1 aromatic rings. The number of nitrogens with one attached hydrogen (secondary N) is 2. The standard InChI is InChI=1S/C12H20N6O/c13-15-11-5-4-10(16-17-11)12(19)14-6-3-9-18-7-1-2-8-18/h4-5H,1-3,6-9,13H2,(H,14,19)(H,15,17). The average Bonchev–Trinajstić information content (AvgIpc) is 2.96. The molecule has 104 valence electrons. The number of rotatable bonds is 6. The molecule has 2 heterocycles. The number of anilines is 1. The van der Waals surface area contributed by atoms with E-state index in [9.17, 15) is 4.79 Å². The van der Waals surface area contributed by atoms with E-state index in [1.165, 1.54) is 25.9 Å². The number of hydrazine groups is 1. The van der Waals surface area contributed by atoms with Crippen molar-refractivity contribution in [1.29, 1.82) is 0 Å². The summed E-state index contributed by atoms with van der Waals surface area (Å²) in [4.78, 5) is 14.2. The minimum absolute atomic E-state index is 0.197. The molecule has 0 bridgehead atoms. The van der Waals surface area contributed by atoms with Crippen molar-refractivity contribution in [2.24, 2.45) is 5.84 Å². The van der Waals surface area contributed by atoms with Crippen LogP contribution in [0.15, 0.2) is 12.1 Å². The number of nitrogens with two attached hydrogens (primary N) is 1. The molecule has 1 aromatic heterocycles. The predicted octanol–water partition coefficient (Wildman–Crippen LogP) is -0.0221. The molecule has 1 aliphatic rings. The third-order valence-electron chi connectivity index (χ3n) is 3.18. The van der Waals surface area contributed by atoms with Crippen molar-refractivity contribution in [3.63, 3.8) is 0 Å². The molecule has 1 fully saturated rings. The Balaban J connectivity index is 1.68. The lowest BCUT2D eigenvalue weighted by Crippen LogP contribution is -2.29. The van der Waals surface area contributed by atoms with Gasteiger partial charge >= 0.3 is 0 Å². The van der Waals surface area contributed by atoms with Crippen LogP contribution in [0.2, 0.25) is 0 Å². The number of aromatic nitrogens is 2. The van der Waals surface area contributed by atoms with Crippen LogP contribution in [-0.2, 0) is 0 Å². The van der Waals surface area contributed by atoms with Gasteiger partial charge in [0, 0.05) is 6.54 Å². The Kier molecular flexibility index (Phi) is 5.05. The molecule has 19 heavy (non-hydrogen) atoms. The van der Waals surface area contributed by atoms with Crippen LogP contribution in [0.25, 0.3) is 0 Å². The molecule has 0 saturated carbocycles. The molecule has 0 unspecified atom stereocenters. The van der Waals surface area contributed by atoms with Crippen LogP contribution in [0.1, 0.15) is 29.8 Å². The normalized spacial score (nSPS) is 15.4. The van der Waals surface area contributed by atoms with Crippen molar-refractivity contribution in [2.45, 2.75) is 19.3 Å². The predicted molar refractivity (Wildman–Crippen MR) is 72.5 cm³/mol. The van der Waals surface area contributed by atoms with Gasteiger partial charge in [0.1, 0.15) is 0 Å². The van der Waals surface area contributed by atoms with Gasteiger partial charge in [0.2, 0.25) is 0 Å². The van der Waals surface area contributed by atoms with Crippen molar-refractivity contribution >= 4 is 11.7 Å². The Hall–Kier alpha value is -1.73. The van der Waals surface area contributed by atoms with Gasteiger partial charge in [-0.1, -0.05) is 0 Å². The van der Waals surface area contributed by atoms with Crippen molar-refractivity contribution in [3.05, 3.63) is 17.8 Å². The summed E-state index contributed by atoms with van der Waals surface area (Å²) < 4.78 is 0. The quantitative estimate of drug-likeness (QED) is 0.379. The van der Waals surface area contributed by atoms with E-state index >= 15 is 0 Å². The summed E-state index contributed by atoms with van der Waals surface area (Å²) in [5, 5.41) is 10.4. The number of likely N-dealkylation sites (tertiary alicyclic amines) is 1. The third kappa shape index (κ3) is 4.15. The van der Waals surface area contributed by atoms with E-state index in [-0.39, 0.29) is 5.91 Å². The third-order valence-corrected chi connectivity index (χ3v) is 3.18. The number of carbonyl (C=O) groups excluding carboxylic acids is 1. The topological polar surface area (TPSA) is 96.2 Å². The molecule has 2 rings (SSSR count). The lowest BCUT2D eigenvalue weighted by atomic mass is 10.3. The first-order valence-electron chi connectivity index (χ1n) is 6.60. The molecular weight excluding hydrogens is 244 g/mol. The maximum Gasteiger partial charge on any atom is 0.271 e. The van der Waals surface area contributed by atoms with Gasteiger partial charge in [0.05, 0.1) is 0 Å². The SMILES string of the molecule is NNc1ccc(C(=O)NCCCN2CCCC2)nn1. The minimum Gasteiger partial charge on any atom is -0.351 e. The summed E-state index contributed by atoms with van der Waals surface area (Å²) in [5.41, 5.74) is 2.67. The molecule has 1 aliphatic heterocycles. The van der Waals surface area contributed by atoms with Gasteiger partial charge in [-0.3, -0.25) is 4.79 Å². The van der Waals surface area contributed by atoms with E-state index in [0.29, 0.717) is 18.1 Å². The molecule has 4 N–H and O–H groups in total. The number of amides is 1. The Bertz CT molecular complexity index is 401. The van der Waals surface area contributed by atoms with Gasteiger partial charge in [0.25, 0.3) is 5.91 Å². The molecule has 0 aromatic carbocycles. The number of nitrogens with zero attached hydrogens (tertiary/aromatic N) is 3. The van der Waals surface area contributed by atoms with E-state index in [1.54, 1.807) is 12.1 Å². The molecule has 0 atom stereocenters. The number of hydrogen-bond acceptors (Lipinski definition) is 6. The van der Waals surface area contributed by atoms with Gasteiger partial charge in [-0.2, -0.15) is 0 Å². The Labute approximate surface area is 112 Å². The maximum atomic E-state index is 11.8. The lowest BCUT2D eigenvalue weighted by Gasteiger charge is -2.14. The first kappa shape index (κ1) is 13.7. The molecule has 1 amide bonds. The van der Waals surface area contributed by atoms with E-state index in [0.717, 1.165) is 13.0 Å². The minimum atomic E-state index is -0.197. The second-order valence-corrected chi connectivity index (χ2v) is 4.61. The Morgan fingerprint density at radius 1 is 1.32 bits per heavy atom. The summed E-state index contributed by atoms with van der Waals surface area (Å²) >= 11 is 0. The van der Waals surface area contributed by atoms with Gasteiger partial charge < -0.3 is 15.6 Å². The second kappa shape index (κ2) is 7.01. The zero-order valence-electron chi connectivity index (χ0n) is 10.9. The van der Waals surface area contributed by atoms with Crippen LogP contribution in [0.3, 0.4) is 0 Å². The highest BCUT2D eigenvalue weighted by Crippen LogP contribution is 2.07. The number of carbonyl (C=O) groups is 1. The fourth-order valence-electron chi connectivity index (χ4n) is 2.13. The van der Waals surface area contributed by atoms with Crippen LogP contribution in [0, 0.1) is 0 Å². The van der Waals surface area contributed by atoms with Crippen molar-refractivity contribution < 1.29 is 4.79 Å². The van der Waals surface area contributed by atoms with Crippen molar-refractivity contribution in [2.75, 3.05) is 31.6 Å². The number of nitrogen functional groups attached to an aromatic ring is 1. The van der Waals surface area contributed by atoms with Gasteiger partial charge in [-0.15, -0.1) is 10.2 Å². The van der Waals surface area contributed by atoms with Gasteiger partial charge in [-0.25, -0.2) is 5.84 Å². The Morgan fingerprint density at radius 2 is 2.11 bits per heavy atom. The van der Waals surface area contributed by atoms with Crippen LogP contribution in [-0.4, -0.2) is 47.2 Å². The summed E-state index contributed by atoms with van der Waals surface area (Å²) in [5.74, 6) is 5.42. The van der Waals surface area contributed by atoms with Gasteiger partial charge in [0.15, 0.2) is 11.5 Å². The monoisotopic (exact) mass is 264 g/mol. The van der Waals surface area contributed by atoms with E-state index in [4.69, 9.17) is 5.84 Å². The Morgan fingerprint density at radius 3 is 2.74 bits per heavy atom. The van der Waals surface area contributed by atoms with Crippen LogP contribution in [0.5, 0.6) is 0 Å². The molecule has 7 heteroatoms. The van der Waals surface area contributed by atoms with E-state index in [2.05, 4.69) is 25.8 Å². The lowest BCUT2D eigenvalue weighted by molar-refractivity contribution is 0.0946. The smallest absolute Gasteiger partial charge is 0.271 e. The largest absolute Gasteiger partial charge is 0.351 e.